The molecular formula is C32H42O12. The van der Waals surface area contributed by atoms with Crippen LogP contribution in [0.3, 0.4) is 0 Å². The van der Waals surface area contributed by atoms with E-state index < -0.39 is 83.0 Å². The van der Waals surface area contributed by atoms with E-state index in [1.807, 2.05) is 0 Å². The molecule has 0 unspecified atom stereocenters. The molecule has 2 fully saturated rings. The van der Waals surface area contributed by atoms with Gasteiger partial charge in [0.05, 0.1) is 29.8 Å². The number of fused-ring (bicyclic) bond motifs is 3. The number of aliphatic hydroxyl groups excluding tert-OH is 2. The average Bonchev–Trinajstić information content (AvgIpc) is 2.93. The first-order valence-corrected chi connectivity index (χ1v) is 14.6. The normalized spacial score (nSPS) is 37.0. The van der Waals surface area contributed by atoms with Crippen LogP contribution in [0.1, 0.15) is 71.7 Å². The molecule has 9 atom stereocenters. The van der Waals surface area contributed by atoms with Crippen LogP contribution in [-0.2, 0) is 38.1 Å². The molecule has 0 bridgehead atoms. The molecule has 4 rings (SSSR count). The molecule has 44 heavy (non-hydrogen) atoms. The first-order valence-electron chi connectivity index (χ1n) is 14.6. The summed E-state index contributed by atoms with van der Waals surface area (Å²) in [4.78, 5) is 51.1. The number of benzene rings is 1. The number of rotatable bonds is 6. The van der Waals surface area contributed by atoms with E-state index in [-0.39, 0.29) is 36.2 Å². The van der Waals surface area contributed by atoms with Crippen LogP contribution < -0.4 is 0 Å². The van der Waals surface area contributed by atoms with Crippen molar-refractivity contribution in [3.63, 3.8) is 0 Å². The van der Waals surface area contributed by atoms with Gasteiger partial charge in [0.2, 0.25) is 0 Å². The van der Waals surface area contributed by atoms with Crippen LogP contribution in [0.4, 0.5) is 0 Å². The van der Waals surface area contributed by atoms with E-state index in [9.17, 15) is 34.5 Å². The average molecular weight is 619 g/mol. The number of hydrogen-bond donors (Lipinski definition) is 3. The second-order valence-electron chi connectivity index (χ2n) is 12.7. The number of aliphatic hydroxyl groups is 3. The fraction of sp³-hybridized carbons (Fsp3) is 0.625. The van der Waals surface area contributed by atoms with Crippen molar-refractivity contribution in [2.24, 2.45) is 11.3 Å². The minimum Gasteiger partial charge on any atom is -0.458 e. The van der Waals surface area contributed by atoms with E-state index in [1.54, 1.807) is 37.3 Å². The van der Waals surface area contributed by atoms with Crippen molar-refractivity contribution in [3.05, 3.63) is 47.0 Å². The first-order chi connectivity index (χ1) is 20.4. The molecule has 0 radical (unpaired) electrons. The molecular weight excluding hydrogens is 576 g/mol. The molecule has 2 aliphatic carbocycles. The lowest BCUT2D eigenvalue weighted by Gasteiger charge is -2.64. The molecule has 1 aromatic rings. The van der Waals surface area contributed by atoms with Crippen molar-refractivity contribution in [2.45, 2.75) is 109 Å². The van der Waals surface area contributed by atoms with Gasteiger partial charge in [0.1, 0.15) is 24.4 Å². The van der Waals surface area contributed by atoms with E-state index in [0.717, 1.165) is 6.92 Å². The van der Waals surface area contributed by atoms with E-state index in [0.29, 0.717) is 0 Å². The lowest BCUT2D eigenvalue weighted by molar-refractivity contribution is -0.347. The third-order valence-electron chi connectivity index (χ3n) is 9.20. The molecule has 0 spiro atoms. The lowest BCUT2D eigenvalue weighted by Crippen LogP contribution is -2.78. The highest BCUT2D eigenvalue weighted by Crippen LogP contribution is 2.59. The van der Waals surface area contributed by atoms with E-state index in [4.69, 9.17) is 23.7 Å². The molecule has 3 aliphatic rings. The monoisotopic (exact) mass is 618 g/mol. The summed E-state index contributed by atoms with van der Waals surface area (Å²) in [7, 11) is 0. The van der Waals surface area contributed by atoms with Crippen LogP contribution in [0.25, 0.3) is 0 Å². The maximum Gasteiger partial charge on any atom is 0.338 e. The van der Waals surface area contributed by atoms with Gasteiger partial charge in [0.15, 0.2) is 11.7 Å². The topological polar surface area (TPSA) is 175 Å². The van der Waals surface area contributed by atoms with Crippen LogP contribution >= 0.6 is 0 Å². The highest BCUT2D eigenvalue weighted by atomic mass is 16.6. The van der Waals surface area contributed by atoms with Gasteiger partial charge in [-0.15, -0.1) is 0 Å². The molecule has 1 heterocycles. The Kier molecular flexibility index (Phi) is 9.33. The third-order valence-corrected chi connectivity index (χ3v) is 9.20. The van der Waals surface area contributed by atoms with Gasteiger partial charge < -0.3 is 39.0 Å². The largest absolute Gasteiger partial charge is 0.458 e. The van der Waals surface area contributed by atoms with Crippen molar-refractivity contribution in [1.82, 2.24) is 0 Å². The van der Waals surface area contributed by atoms with Crippen molar-refractivity contribution in [3.8, 4) is 0 Å². The molecule has 12 heteroatoms. The van der Waals surface area contributed by atoms with E-state index in [1.165, 1.54) is 34.6 Å². The zero-order valence-electron chi connectivity index (χ0n) is 26.1. The van der Waals surface area contributed by atoms with Crippen molar-refractivity contribution < 1.29 is 58.2 Å². The fourth-order valence-electron chi connectivity index (χ4n) is 7.41. The number of carbonyl (C=O) groups excluding carboxylic acids is 4. The number of esters is 4. The summed E-state index contributed by atoms with van der Waals surface area (Å²) in [6.45, 7) is 9.36. The summed E-state index contributed by atoms with van der Waals surface area (Å²) in [5.41, 5.74) is -4.43. The van der Waals surface area contributed by atoms with Gasteiger partial charge in [-0.2, -0.15) is 0 Å². The Morgan fingerprint density at radius 2 is 1.55 bits per heavy atom. The highest BCUT2D eigenvalue weighted by Gasteiger charge is 2.73. The fourth-order valence-corrected chi connectivity index (χ4v) is 7.41. The SMILES string of the molecule is CC(=O)O[C@H]1C[C@@H](OC(=O)c2ccccc2)[C@@H]2[C@]3(OC(C)=O)CO[C@@H]3C[C@H](O)[C@@]2(C)[C@@H](O)[C@H](OC(C)=O)/C(C(C)(C)O)=C/1C. The van der Waals surface area contributed by atoms with Gasteiger partial charge in [-0.25, -0.2) is 4.79 Å². The van der Waals surface area contributed by atoms with Gasteiger partial charge >= 0.3 is 23.9 Å². The number of hydrogen-bond acceptors (Lipinski definition) is 12. The smallest absolute Gasteiger partial charge is 0.338 e. The molecule has 0 amide bonds. The molecule has 12 nitrogen and oxygen atoms in total. The Morgan fingerprint density at radius 3 is 2.05 bits per heavy atom. The Hall–Kier alpha value is -3.32. The molecule has 0 aromatic heterocycles. The van der Waals surface area contributed by atoms with E-state index in [2.05, 4.69) is 0 Å². The molecule has 3 N–H and O–H groups in total. The summed E-state index contributed by atoms with van der Waals surface area (Å²) in [6.07, 6.45) is -8.20. The summed E-state index contributed by atoms with van der Waals surface area (Å²) >= 11 is 0. The van der Waals surface area contributed by atoms with Gasteiger partial charge in [0.25, 0.3) is 0 Å². The maximum absolute atomic E-state index is 13.6. The standard InChI is InChI=1S/C32H42O12/c1-16-21(41-17(2)33)13-22(43-29(38)20-11-9-8-10-12-20)27-31(7,23(36)14-24-32(27,15-40-24)44-19(4)35)28(37)26(42-18(3)34)25(16)30(5,6)39/h8-12,21-24,26-28,36-37,39H,13-15H2,1-7H3/b25-16-/t21-,22+,23-,24+,26+,27-,28-,31+,32-/m0/s1. The minimum absolute atomic E-state index is 0.0437. The minimum atomic E-state index is -1.74. The highest BCUT2D eigenvalue weighted by molar-refractivity contribution is 5.89. The van der Waals surface area contributed by atoms with Crippen LogP contribution in [0.2, 0.25) is 0 Å². The zero-order valence-corrected chi connectivity index (χ0v) is 26.1. The molecule has 1 aliphatic heterocycles. The Bertz CT molecular complexity index is 1320. The maximum atomic E-state index is 13.6. The van der Waals surface area contributed by atoms with Crippen molar-refractivity contribution >= 4 is 23.9 Å². The third kappa shape index (κ3) is 6.00. The lowest BCUT2D eigenvalue weighted by atomic mass is 9.51. The number of carbonyl (C=O) groups is 4. The summed E-state index contributed by atoms with van der Waals surface area (Å²) < 4.78 is 29.3. The quantitative estimate of drug-likeness (QED) is 0.241. The second kappa shape index (κ2) is 12.2. The van der Waals surface area contributed by atoms with Gasteiger partial charge in [-0.05, 0) is 38.5 Å². The van der Waals surface area contributed by atoms with Crippen LogP contribution in [0.5, 0.6) is 0 Å². The van der Waals surface area contributed by atoms with Crippen LogP contribution in [0, 0.1) is 11.3 Å². The number of ether oxygens (including phenoxy) is 5. The molecule has 242 valence electrons. The van der Waals surface area contributed by atoms with E-state index >= 15 is 0 Å². The van der Waals surface area contributed by atoms with Gasteiger partial charge in [-0.1, -0.05) is 25.1 Å². The molecule has 1 saturated carbocycles. The first kappa shape index (κ1) is 33.6. The molecule has 1 saturated heterocycles. The van der Waals surface area contributed by atoms with Gasteiger partial charge in [-0.3, -0.25) is 14.4 Å². The Morgan fingerprint density at radius 1 is 0.932 bits per heavy atom. The van der Waals surface area contributed by atoms with Crippen molar-refractivity contribution in [2.75, 3.05) is 6.61 Å². The Labute approximate surface area is 256 Å². The van der Waals surface area contributed by atoms with Crippen LogP contribution in [0.15, 0.2) is 41.5 Å². The van der Waals surface area contributed by atoms with Crippen LogP contribution in [-0.4, -0.2) is 93.6 Å². The molecule has 1 aromatic carbocycles. The summed E-state index contributed by atoms with van der Waals surface area (Å²) in [5, 5.41) is 35.5. The predicted molar refractivity (Wildman–Crippen MR) is 153 cm³/mol. The van der Waals surface area contributed by atoms with Gasteiger partial charge in [0, 0.05) is 44.6 Å². The Balaban J connectivity index is 2.04. The summed E-state index contributed by atoms with van der Waals surface area (Å²) in [6, 6.07) is 8.14. The summed E-state index contributed by atoms with van der Waals surface area (Å²) in [5.74, 6) is -4.06. The predicted octanol–water partition coefficient (Wildman–Crippen LogP) is 2.02. The van der Waals surface area contributed by atoms with Crippen molar-refractivity contribution in [1.29, 1.82) is 0 Å². The second-order valence-corrected chi connectivity index (χ2v) is 12.7. The zero-order chi connectivity index (χ0) is 32.8.